The molecule has 0 aliphatic heterocycles. The van der Waals surface area contributed by atoms with Crippen LogP contribution in [-0.4, -0.2) is 18.6 Å². The van der Waals surface area contributed by atoms with Crippen molar-refractivity contribution >= 4 is 52.9 Å². The average molecular weight is 755 g/mol. The monoisotopic (exact) mass is 754 g/mol. The van der Waals surface area contributed by atoms with E-state index in [9.17, 15) is 10.2 Å². The second-order valence-electron chi connectivity index (χ2n) is 14.5. The van der Waals surface area contributed by atoms with Crippen LogP contribution in [0.25, 0.3) is 87.6 Å². The molecule has 0 aliphatic carbocycles. The van der Waals surface area contributed by atoms with Gasteiger partial charge in [0.15, 0.2) is 0 Å². The number of sulfone groups is 1. The van der Waals surface area contributed by atoms with E-state index in [-0.39, 0.29) is 21.3 Å². The minimum absolute atomic E-state index is 0.0149. The van der Waals surface area contributed by atoms with E-state index in [0.717, 1.165) is 43.1 Å². The molecule has 0 unspecified atom stereocenters. The second-order valence-corrected chi connectivity index (χ2v) is 16.4. The van der Waals surface area contributed by atoms with Gasteiger partial charge in [0.25, 0.3) is 0 Å². The zero-order valence-corrected chi connectivity index (χ0v) is 31.4. The Balaban J connectivity index is 1.22. The minimum Gasteiger partial charge on any atom is -0.507 e. The molecule has 4 nitrogen and oxygen atoms in total. The smallest absolute Gasteiger partial charge is 0.206 e. The lowest BCUT2D eigenvalue weighted by atomic mass is 9.94. The highest BCUT2D eigenvalue weighted by Crippen LogP contribution is 2.46. The fraction of sp³-hybridized carbons (Fsp3) is 0. The van der Waals surface area contributed by atoms with Crippen LogP contribution in [0.5, 0.6) is 11.5 Å². The van der Waals surface area contributed by atoms with Crippen molar-refractivity contribution in [1.29, 1.82) is 0 Å². The van der Waals surface area contributed by atoms with Crippen LogP contribution in [0.4, 0.5) is 0 Å². The summed E-state index contributed by atoms with van der Waals surface area (Å²) in [6.07, 6.45) is 0. The molecule has 57 heavy (non-hydrogen) atoms. The first kappa shape index (κ1) is 34.3. The Morgan fingerprint density at radius 3 is 0.754 bits per heavy atom. The summed E-state index contributed by atoms with van der Waals surface area (Å²) >= 11 is 0. The summed E-state index contributed by atoms with van der Waals surface area (Å²) in [6, 6.07) is 61.5. The Kier molecular flexibility index (Phi) is 8.13. The number of fused-ring (bicyclic) bond motifs is 4. The molecule has 0 aliphatic rings. The number of rotatable bonds is 6. The maximum Gasteiger partial charge on any atom is 0.206 e. The lowest BCUT2D eigenvalue weighted by Crippen LogP contribution is -2.04. The summed E-state index contributed by atoms with van der Waals surface area (Å²) < 4.78 is 30.6. The van der Waals surface area contributed by atoms with E-state index in [1.165, 1.54) is 0 Å². The molecule has 0 fully saturated rings. The van der Waals surface area contributed by atoms with Crippen LogP contribution in [0.1, 0.15) is 0 Å². The third kappa shape index (κ3) is 6.06. The van der Waals surface area contributed by atoms with Gasteiger partial charge in [-0.15, -0.1) is 0 Å². The van der Waals surface area contributed by atoms with Gasteiger partial charge in [0.05, 0.1) is 9.79 Å². The Labute approximate surface area is 330 Å². The van der Waals surface area contributed by atoms with Gasteiger partial charge in [-0.1, -0.05) is 146 Å². The Bertz CT molecular complexity index is 2930. The van der Waals surface area contributed by atoms with Crippen molar-refractivity contribution in [3.63, 3.8) is 0 Å². The molecule has 0 bridgehead atoms. The van der Waals surface area contributed by atoms with E-state index in [4.69, 9.17) is 0 Å². The van der Waals surface area contributed by atoms with E-state index >= 15 is 8.42 Å². The van der Waals surface area contributed by atoms with Gasteiger partial charge in [-0.25, -0.2) is 8.42 Å². The Morgan fingerprint density at radius 2 is 0.509 bits per heavy atom. The van der Waals surface area contributed by atoms with Crippen LogP contribution in [-0.2, 0) is 9.84 Å². The van der Waals surface area contributed by atoms with Crippen molar-refractivity contribution in [1.82, 2.24) is 0 Å². The zero-order valence-electron chi connectivity index (χ0n) is 30.6. The number of hydrogen-bond donors (Lipinski definition) is 2. The molecular weight excluding hydrogens is 721 g/mol. The van der Waals surface area contributed by atoms with Gasteiger partial charge in [-0.2, -0.15) is 0 Å². The Morgan fingerprint density at radius 1 is 0.281 bits per heavy atom. The van der Waals surface area contributed by atoms with Crippen molar-refractivity contribution in [3.05, 3.63) is 194 Å². The first-order valence-corrected chi connectivity index (χ1v) is 20.2. The summed E-state index contributed by atoms with van der Waals surface area (Å²) in [5, 5.41) is 32.1. The maximum absolute atomic E-state index is 15.3. The molecule has 10 rings (SSSR count). The van der Waals surface area contributed by atoms with Gasteiger partial charge < -0.3 is 10.2 Å². The standard InChI is InChI=1S/C52H34O4S/c53-51-47(41-21-17-33-9-1-5-13-37(33)25-41)29-45(30-48(51)42-22-18-34-10-2-6-14-38(34)26-42)57(55,56)46-31-49(43-23-19-35-11-3-7-15-39(35)27-43)52(54)50(32-46)44-24-20-36-12-4-8-16-40(36)28-44/h1-32,53-54H. The number of aromatic hydroxyl groups is 2. The van der Waals surface area contributed by atoms with Crippen molar-refractivity contribution in [2.45, 2.75) is 9.79 Å². The fourth-order valence-corrected chi connectivity index (χ4v) is 9.33. The van der Waals surface area contributed by atoms with Crippen LogP contribution in [0.3, 0.4) is 0 Å². The quantitative estimate of drug-likeness (QED) is 0.177. The predicted octanol–water partition coefficient (Wildman–Crippen LogP) is 13.2. The summed E-state index contributed by atoms with van der Waals surface area (Å²) in [6.45, 7) is 0. The van der Waals surface area contributed by atoms with Gasteiger partial charge in [-0.05, 0) is 114 Å². The largest absolute Gasteiger partial charge is 0.507 e. The molecule has 0 heterocycles. The molecule has 10 aromatic carbocycles. The van der Waals surface area contributed by atoms with E-state index in [0.29, 0.717) is 44.5 Å². The summed E-state index contributed by atoms with van der Waals surface area (Å²) in [4.78, 5) is 0.0393. The lowest BCUT2D eigenvalue weighted by molar-refractivity contribution is 0.478. The van der Waals surface area contributed by atoms with Crippen molar-refractivity contribution in [2.24, 2.45) is 0 Å². The summed E-state index contributed by atoms with van der Waals surface area (Å²) in [5.41, 5.74) is 4.33. The highest BCUT2D eigenvalue weighted by Gasteiger charge is 2.26. The molecule has 0 atom stereocenters. The first-order chi connectivity index (χ1) is 27.8. The van der Waals surface area contributed by atoms with Crippen molar-refractivity contribution in [3.8, 4) is 56.0 Å². The molecule has 0 saturated heterocycles. The van der Waals surface area contributed by atoms with Gasteiger partial charge >= 0.3 is 0 Å². The number of hydrogen-bond acceptors (Lipinski definition) is 4. The molecule has 10 aromatic rings. The van der Waals surface area contributed by atoms with Gasteiger partial charge in [-0.3, -0.25) is 0 Å². The summed E-state index contributed by atoms with van der Waals surface area (Å²) in [5.74, 6) is -0.0298. The number of benzene rings is 10. The molecular formula is C52H34O4S. The molecule has 2 N–H and O–H groups in total. The predicted molar refractivity (Wildman–Crippen MR) is 233 cm³/mol. The molecule has 5 heteroatoms. The fourth-order valence-electron chi connectivity index (χ4n) is 7.97. The number of phenolic OH excluding ortho intramolecular Hbond substituents is 2. The SMILES string of the molecule is O=S(=O)(c1cc(-c2ccc3ccccc3c2)c(O)c(-c2ccc3ccccc3c2)c1)c1cc(-c2ccc3ccccc3c2)c(O)c(-c2ccc3ccccc3c2)c1. The van der Waals surface area contributed by atoms with Crippen LogP contribution in [0.2, 0.25) is 0 Å². The summed E-state index contributed by atoms with van der Waals surface area (Å²) in [7, 11) is -4.29. The molecule has 272 valence electrons. The first-order valence-electron chi connectivity index (χ1n) is 18.8. The third-order valence-electron chi connectivity index (χ3n) is 11.0. The van der Waals surface area contributed by atoms with Crippen LogP contribution in [0, 0.1) is 0 Å². The minimum atomic E-state index is -4.29. The van der Waals surface area contributed by atoms with Crippen molar-refractivity contribution in [2.75, 3.05) is 0 Å². The molecule has 0 aromatic heterocycles. The number of phenols is 2. The van der Waals surface area contributed by atoms with Crippen LogP contribution in [0.15, 0.2) is 204 Å². The highest BCUT2D eigenvalue weighted by molar-refractivity contribution is 7.91. The topological polar surface area (TPSA) is 74.6 Å². The van der Waals surface area contributed by atoms with E-state index in [1.807, 2.05) is 170 Å². The van der Waals surface area contributed by atoms with E-state index in [2.05, 4.69) is 0 Å². The maximum atomic E-state index is 15.3. The molecule has 0 spiro atoms. The van der Waals surface area contributed by atoms with E-state index < -0.39 is 9.84 Å². The zero-order chi connectivity index (χ0) is 38.7. The van der Waals surface area contributed by atoms with Gasteiger partial charge in [0.2, 0.25) is 9.84 Å². The molecule has 0 radical (unpaired) electrons. The lowest BCUT2D eigenvalue weighted by Gasteiger charge is -2.18. The van der Waals surface area contributed by atoms with Gasteiger partial charge in [0, 0.05) is 22.3 Å². The molecule has 0 amide bonds. The van der Waals surface area contributed by atoms with E-state index in [1.54, 1.807) is 24.3 Å². The normalized spacial score (nSPS) is 11.8. The second kappa shape index (κ2) is 13.5. The molecule has 0 saturated carbocycles. The Hall–Kier alpha value is -7.21. The van der Waals surface area contributed by atoms with Crippen molar-refractivity contribution < 1.29 is 18.6 Å². The van der Waals surface area contributed by atoms with Gasteiger partial charge in [0.1, 0.15) is 11.5 Å². The van der Waals surface area contributed by atoms with Crippen LogP contribution >= 0.6 is 0 Å². The third-order valence-corrected chi connectivity index (χ3v) is 12.7. The average Bonchev–Trinajstić information content (AvgIpc) is 3.25. The highest BCUT2D eigenvalue weighted by atomic mass is 32.2. The van der Waals surface area contributed by atoms with Crippen LogP contribution < -0.4 is 0 Å².